The molecule has 4 N–H and O–H groups in total. The minimum absolute atomic E-state index is 0.0121. The second-order valence-electron chi connectivity index (χ2n) is 9.86. The molecule has 0 fully saturated rings. The van der Waals surface area contributed by atoms with Gasteiger partial charge in [0.05, 0.1) is 16.8 Å². The molecule has 38 heavy (non-hydrogen) atoms. The molecule has 0 bridgehead atoms. The number of nitrogens with zero attached hydrogens (tertiary/aromatic N) is 2. The van der Waals surface area contributed by atoms with Crippen molar-refractivity contribution >= 4 is 17.5 Å². The molecule has 0 saturated heterocycles. The topological polar surface area (TPSA) is 111 Å². The van der Waals surface area contributed by atoms with Gasteiger partial charge in [-0.05, 0) is 56.9 Å². The zero-order valence-corrected chi connectivity index (χ0v) is 22.2. The fourth-order valence-corrected chi connectivity index (χ4v) is 4.29. The third-order valence-electron chi connectivity index (χ3n) is 6.17. The number of aryl methyl sites for hydroxylation is 1. The van der Waals surface area contributed by atoms with Crippen LogP contribution in [0.3, 0.4) is 0 Å². The van der Waals surface area contributed by atoms with E-state index < -0.39 is 35.8 Å². The van der Waals surface area contributed by atoms with Gasteiger partial charge in [-0.1, -0.05) is 41.9 Å². The van der Waals surface area contributed by atoms with E-state index in [2.05, 4.69) is 4.98 Å². The van der Waals surface area contributed by atoms with Crippen LogP contribution in [0.15, 0.2) is 48.7 Å². The Labute approximate surface area is 224 Å². The van der Waals surface area contributed by atoms with Gasteiger partial charge in [0, 0.05) is 24.7 Å². The number of primary amides is 1. The molecule has 0 radical (unpaired) electrons. The Morgan fingerprint density at radius 3 is 2.32 bits per heavy atom. The van der Waals surface area contributed by atoms with Crippen LogP contribution in [-0.2, 0) is 23.9 Å². The summed E-state index contributed by atoms with van der Waals surface area (Å²) in [5, 5.41) is 20.9. The molecule has 1 aromatic heterocycles. The second-order valence-corrected chi connectivity index (χ2v) is 10.3. The molecule has 11 heteroatoms. The highest BCUT2D eigenvalue weighted by Gasteiger charge is 2.38. The molecule has 0 spiro atoms. The van der Waals surface area contributed by atoms with Gasteiger partial charge in [-0.25, -0.2) is 4.98 Å². The number of nitrogens with two attached hydrogens (primary N) is 1. The number of hydrogen-bond donors (Lipinski definition) is 3. The molecular formula is C27H31ClF3N3O4. The number of benzene rings is 2. The zero-order chi connectivity index (χ0) is 28.4. The number of hydrogen-bond acceptors (Lipinski definition) is 5. The Hall–Kier alpha value is -3.08. The van der Waals surface area contributed by atoms with Gasteiger partial charge in [0.15, 0.2) is 6.10 Å². The molecule has 1 amide bonds. The van der Waals surface area contributed by atoms with Gasteiger partial charge in [-0.3, -0.25) is 4.79 Å². The Morgan fingerprint density at radius 1 is 1.18 bits per heavy atom. The van der Waals surface area contributed by atoms with Crippen molar-refractivity contribution in [3.63, 3.8) is 0 Å². The standard InChI is InChI=1S/C27H31ClF3N3O4/c1-15(27(29,30)31)38-23-10-9-18(12-20(23)28)22(35)13-19(24(32)36)11-16-5-7-17(8-6-16)21-14-34(4)25(33-21)26(2,3)37/h5-10,12,14-15,19,22,35,37H,11,13H2,1-4H3,(H2,32,36)/t15-,19+,22?/m1/s1. The average molecular weight is 554 g/mol. The van der Waals surface area contributed by atoms with E-state index in [0.717, 1.165) is 18.1 Å². The number of carbonyl (C=O) groups is 1. The number of carbonyl (C=O) groups excluding carboxylic acids is 1. The van der Waals surface area contributed by atoms with Crippen LogP contribution >= 0.6 is 11.6 Å². The van der Waals surface area contributed by atoms with E-state index >= 15 is 0 Å². The fraction of sp³-hybridized carbons (Fsp3) is 0.407. The predicted octanol–water partition coefficient (Wildman–Crippen LogP) is 5.07. The SMILES string of the molecule is C[C@@H](Oc1ccc(C(O)C[C@H](Cc2ccc(-c3cn(C)c(C(C)(C)O)n3)cc2)C(N)=O)cc1Cl)C(F)(F)F. The molecule has 206 valence electrons. The summed E-state index contributed by atoms with van der Waals surface area (Å²) in [4.78, 5) is 16.7. The smallest absolute Gasteiger partial charge is 0.425 e. The van der Waals surface area contributed by atoms with Crippen molar-refractivity contribution in [2.45, 2.75) is 57.6 Å². The number of imidazole rings is 1. The molecule has 0 saturated carbocycles. The van der Waals surface area contributed by atoms with Gasteiger partial charge >= 0.3 is 6.18 Å². The maximum atomic E-state index is 12.8. The lowest BCUT2D eigenvalue weighted by Gasteiger charge is -2.21. The Kier molecular flexibility index (Phi) is 8.80. The first-order valence-electron chi connectivity index (χ1n) is 11.9. The highest BCUT2D eigenvalue weighted by Crippen LogP contribution is 2.34. The molecular weight excluding hydrogens is 523 g/mol. The number of aliphatic hydroxyl groups is 2. The van der Waals surface area contributed by atoms with E-state index in [1.54, 1.807) is 25.5 Å². The first kappa shape index (κ1) is 29.5. The van der Waals surface area contributed by atoms with Gasteiger partial charge in [-0.2, -0.15) is 13.2 Å². The summed E-state index contributed by atoms with van der Waals surface area (Å²) in [7, 11) is 1.80. The van der Waals surface area contributed by atoms with Gasteiger partial charge < -0.3 is 25.3 Å². The van der Waals surface area contributed by atoms with Gasteiger partial charge in [0.2, 0.25) is 5.91 Å². The average Bonchev–Trinajstić information content (AvgIpc) is 3.21. The maximum absolute atomic E-state index is 12.8. The maximum Gasteiger partial charge on any atom is 0.425 e. The van der Waals surface area contributed by atoms with Crippen LogP contribution < -0.4 is 10.5 Å². The third kappa shape index (κ3) is 7.27. The van der Waals surface area contributed by atoms with Crippen molar-refractivity contribution in [3.8, 4) is 17.0 Å². The van der Waals surface area contributed by atoms with Crippen LogP contribution in [0.1, 0.15) is 50.2 Å². The first-order valence-corrected chi connectivity index (χ1v) is 12.3. The van der Waals surface area contributed by atoms with E-state index in [0.29, 0.717) is 17.1 Å². The number of halogens is 4. The summed E-state index contributed by atoms with van der Waals surface area (Å²) >= 11 is 6.08. The number of alkyl halides is 3. The highest BCUT2D eigenvalue weighted by molar-refractivity contribution is 6.32. The third-order valence-corrected chi connectivity index (χ3v) is 6.47. The van der Waals surface area contributed by atoms with Crippen molar-refractivity contribution in [3.05, 3.63) is 70.6 Å². The molecule has 1 unspecified atom stereocenters. The van der Waals surface area contributed by atoms with E-state index in [1.807, 2.05) is 30.5 Å². The summed E-state index contributed by atoms with van der Waals surface area (Å²) < 4.78 is 45.0. The van der Waals surface area contributed by atoms with E-state index in [9.17, 15) is 28.2 Å². The lowest BCUT2D eigenvalue weighted by Crippen LogP contribution is -2.31. The number of aromatic nitrogens is 2. The number of amides is 1. The first-order chi connectivity index (χ1) is 17.6. The van der Waals surface area contributed by atoms with Crippen LogP contribution in [0, 0.1) is 5.92 Å². The van der Waals surface area contributed by atoms with Crippen molar-refractivity contribution in [2.24, 2.45) is 18.7 Å². The molecule has 0 aliphatic carbocycles. The van der Waals surface area contributed by atoms with Gasteiger partial charge in [0.1, 0.15) is 17.2 Å². The summed E-state index contributed by atoms with van der Waals surface area (Å²) in [6.45, 7) is 4.18. The highest BCUT2D eigenvalue weighted by atomic mass is 35.5. The molecule has 0 aliphatic rings. The Bertz CT molecular complexity index is 1270. The number of aliphatic hydroxyl groups excluding tert-OH is 1. The second kappa shape index (κ2) is 11.3. The number of ether oxygens (including phenoxy) is 1. The Balaban J connectivity index is 1.69. The zero-order valence-electron chi connectivity index (χ0n) is 21.5. The van der Waals surface area contributed by atoms with E-state index in [1.165, 1.54) is 18.2 Å². The van der Waals surface area contributed by atoms with Crippen LogP contribution in [0.25, 0.3) is 11.3 Å². The summed E-state index contributed by atoms with van der Waals surface area (Å²) in [5.74, 6) is -0.958. The molecule has 3 aromatic rings. The monoisotopic (exact) mass is 553 g/mol. The van der Waals surface area contributed by atoms with Crippen LogP contribution in [0.2, 0.25) is 5.02 Å². The lowest BCUT2D eigenvalue weighted by molar-refractivity contribution is -0.189. The molecule has 0 aliphatic heterocycles. The predicted molar refractivity (Wildman–Crippen MR) is 137 cm³/mol. The summed E-state index contributed by atoms with van der Waals surface area (Å²) in [5.41, 5.74) is 7.15. The minimum Gasteiger partial charge on any atom is -0.480 e. The fourth-order valence-electron chi connectivity index (χ4n) is 4.05. The van der Waals surface area contributed by atoms with Crippen molar-refractivity contribution in [1.29, 1.82) is 0 Å². The Morgan fingerprint density at radius 2 is 1.82 bits per heavy atom. The van der Waals surface area contributed by atoms with E-state index in [-0.39, 0.29) is 23.6 Å². The summed E-state index contributed by atoms with van der Waals surface area (Å²) in [6, 6.07) is 11.3. The molecule has 1 heterocycles. The van der Waals surface area contributed by atoms with Crippen LogP contribution in [-0.4, -0.2) is 38.0 Å². The quantitative estimate of drug-likeness (QED) is 0.325. The normalized spacial score (nSPS) is 14.7. The van der Waals surface area contributed by atoms with Gasteiger partial charge in [-0.15, -0.1) is 0 Å². The van der Waals surface area contributed by atoms with Crippen molar-refractivity contribution in [1.82, 2.24) is 9.55 Å². The molecule has 7 nitrogen and oxygen atoms in total. The summed E-state index contributed by atoms with van der Waals surface area (Å²) in [6.07, 6.45) is -5.67. The van der Waals surface area contributed by atoms with Crippen LogP contribution in [0.5, 0.6) is 5.75 Å². The largest absolute Gasteiger partial charge is 0.480 e. The minimum atomic E-state index is -4.55. The van der Waals surface area contributed by atoms with Crippen LogP contribution in [0.4, 0.5) is 13.2 Å². The molecule has 3 rings (SSSR count). The van der Waals surface area contributed by atoms with Crippen molar-refractivity contribution < 1.29 is 32.9 Å². The number of rotatable bonds is 10. The van der Waals surface area contributed by atoms with E-state index in [4.69, 9.17) is 22.1 Å². The molecule has 2 aromatic carbocycles. The molecule has 3 atom stereocenters. The lowest BCUT2D eigenvalue weighted by atomic mass is 9.90. The van der Waals surface area contributed by atoms with Crippen molar-refractivity contribution in [2.75, 3.05) is 0 Å². The van der Waals surface area contributed by atoms with Gasteiger partial charge in [0.25, 0.3) is 0 Å².